The van der Waals surface area contributed by atoms with Gasteiger partial charge in [-0.25, -0.2) is 4.98 Å². The molecule has 36 heavy (non-hydrogen) atoms. The molecule has 0 radical (unpaired) electrons. The molecule has 3 amide bonds. The SMILES string of the molecule is COc1ccccc1NC(=O)CN1C(=O)S/C(=C\c2ccc(Oc3ccc([N+](=O)[O-])cn3)cc2)C1=O. The van der Waals surface area contributed by atoms with Crippen LogP contribution >= 0.6 is 11.8 Å². The lowest BCUT2D eigenvalue weighted by molar-refractivity contribution is -0.385. The molecule has 2 aromatic carbocycles. The number of anilines is 1. The molecule has 12 heteroatoms. The Hall–Kier alpha value is -4.71. The van der Waals surface area contributed by atoms with E-state index in [0.29, 0.717) is 22.7 Å². The van der Waals surface area contributed by atoms with Crippen molar-refractivity contribution in [1.82, 2.24) is 9.88 Å². The van der Waals surface area contributed by atoms with Gasteiger partial charge in [-0.05, 0) is 47.7 Å². The fourth-order valence-electron chi connectivity index (χ4n) is 3.16. The molecular weight excluding hydrogens is 488 g/mol. The number of para-hydroxylation sites is 2. The van der Waals surface area contributed by atoms with Gasteiger partial charge in [0.05, 0.1) is 22.6 Å². The predicted octanol–water partition coefficient (Wildman–Crippen LogP) is 4.47. The number of aromatic nitrogens is 1. The van der Waals surface area contributed by atoms with Crippen LogP contribution in [0, 0.1) is 10.1 Å². The van der Waals surface area contributed by atoms with E-state index >= 15 is 0 Å². The molecule has 0 atom stereocenters. The Morgan fingerprint density at radius 1 is 1.14 bits per heavy atom. The van der Waals surface area contributed by atoms with E-state index < -0.39 is 28.5 Å². The van der Waals surface area contributed by atoms with Crippen molar-refractivity contribution in [3.05, 3.63) is 87.4 Å². The van der Waals surface area contributed by atoms with Crippen LogP contribution in [0.2, 0.25) is 0 Å². The Kier molecular flexibility index (Phi) is 7.25. The molecule has 2 heterocycles. The van der Waals surface area contributed by atoms with E-state index in [2.05, 4.69) is 10.3 Å². The fraction of sp³-hybridized carbons (Fsp3) is 0.0833. The molecule has 0 unspecified atom stereocenters. The molecular formula is C24H18N4O7S. The van der Waals surface area contributed by atoms with Crippen molar-refractivity contribution in [2.24, 2.45) is 0 Å². The van der Waals surface area contributed by atoms with Gasteiger partial charge in [-0.3, -0.25) is 29.4 Å². The van der Waals surface area contributed by atoms with E-state index in [0.717, 1.165) is 22.9 Å². The summed E-state index contributed by atoms with van der Waals surface area (Å²) in [6, 6.07) is 16.1. The van der Waals surface area contributed by atoms with Crippen molar-refractivity contribution >= 4 is 46.3 Å². The van der Waals surface area contributed by atoms with Crippen molar-refractivity contribution in [3.63, 3.8) is 0 Å². The smallest absolute Gasteiger partial charge is 0.294 e. The molecule has 1 aliphatic heterocycles. The van der Waals surface area contributed by atoms with E-state index in [1.165, 1.54) is 25.3 Å². The van der Waals surface area contributed by atoms with Gasteiger partial charge in [0.15, 0.2) is 0 Å². The molecule has 4 rings (SSSR count). The molecule has 0 bridgehead atoms. The van der Waals surface area contributed by atoms with Crippen LogP contribution < -0.4 is 14.8 Å². The normalized spacial score (nSPS) is 14.1. The molecule has 3 aromatic rings. The summed E-state index contributed by atoms with van der Waals surface area (Å²) in [5.74, 6) is -0.0489. The number of pyridine rings is 1. The molecule has 0 aliphatic carbocycles. The van der Waals surface area contributed by atoms with E-state index in [-0.39, 0.29) is 16.5 Å². The van der Waals surface area contributed by atoms with Crippen LogP contribution in [-0.2, 0) is 9.59 Å². The summed E-state index contributed by atoms with van der Waals surface area (Å²) >= 11 is 0.741. The van der Waals surface area contributed by atoms with Gasteiger partial charge in [0, 0.05) is 12.1 Å². The molecule has 1 aromatic heterocycles. The van der Waals surface area contributed by atoms with Gasteiger partial charge in [0.25, 0.3) is 16.8 Å². The minimum atomic E-state index is -0.574. The van der Waals surface area contributed by atoms with Gasteiger partial charge in [0.2, 0.25) is 11.8 Å². The molecule has 0 spiro atoms. The van der Waals surface area contributed by atoms with Crippen molar-refractivity contribution < 1.29 is 28.8 Å². The molecule has 1 fully saturated rings. The van der Waals surface area contributed by atoms with Gasteiger partial charge < -0.3 is 14.8 Å². The topological polar surface area (TPSA) is 141 Å². The van der Waals surface area contributed by atoms with Crippen molar-refractivity contribution in [3.8, 4) is 17.4 Å². The van der Waals surface area contributed by atoms with Crippen molar-refractivity contribution in [1.29, 1.82) is 0 Å². The summed E-state index contributed by atoms with van der Waals surface area (Å²) in [7, 11) is 1.47. The molecule has 1 aliphatic rings. The summed E-state index contributed by atoms with van der Waals surface area (Å²) in [6.45, 7) is -0.435. The van der Waals surface area contributed by atoms with Crippen molar-refractivity contribution in [2.45, 2.75) is 0 Å². The number of ether oxygens (including phenoxy) is 2. The maximum atomic E-state index is 12.7. The maximum Gasteiger partial charge on any atom is 0.294 e. The highest BCUT2D eigenvalue weighted by Gasteiger charge is 2.36. The highest BCUT2D eigenvalue weighted by Crippen LogP contribution is 2.33. The third-order valence-electron chi connectivity index (χ3n) is 4.89. The lowest BCUT2D eigenvalue weighted by Gasteiger charge is -2.14. The lowest BCUT2D eigenvalue weighted by Crippen LogP contribution is -2.36. The third-order valence-corrected chi connectivity index (χ3v) is 5.80. The number of nitro groups is 1. The van der Waals surface area contributed by atoms with E-state index in [1.54, 1.807) is 48.5 Å². The summed E-state index contributed by atoms with van der Waals surface area (Å²) in [5.41, 5.74) is 0.908. The third kappa shape index (κ3) is 5.67. The van der Waals surface area contributed by atoms with Gasteiger partial charge >= 0.3 is 0 Å². The number of imide groups is 1. The Bertz CT molecular complexity index is 1360. The fourth-order valence-corrected chi connectivity index (χ4v) is 4.00. The summed E-state index contributed by atoms with van der Waals surface area (Å²) in [6.07, 6.45) is 2.63. The molecule has 11 nitrogen and oxygen atoms in total. The van der Waals surface area contributed by atoms with E-state index in [4.69, 9.17) is 9.47 Å². The van der Waals surface area contributed by atoms with Crippen molar-refractivity contribution in [2.75, 3.05) is 19.0 Å². The number of nitrogens with zero attached hydrogens (tertiary/aromatic N) is 3. The number of thioether (sulfide) groups is 1. The number of hydrogen-bond acceptors (Lipinski definition) is 9. The van der Waals surface area contributed by atoms with Crippen LogP contribution in [0.1, 0.15) is 5.56 Å². The van der Waals surface area contributed by atoms with Crippen LogP contribution in [0.3, 0.4) is 0 Å². The number of rotatable bonds is 8. The average molecular weight is 506 g/mol. The number of carbonyl (C=O) groups excluding carboxylic acids is 3. The average Bonchev–Trinajstić information content (AvgIpc) is 3.13. The largest absolute Gasteiger partial charge is 0.495 e. The molecule has 0 saturated carbocycles. The Morgan fingerprint density at radius 3 is 2.56 bits per heavy atom. The summed E-state index contributed by atoms with van der Waals surface area (Å²) in [4.78, 5) is 52.6. The molecule has 1 saturated heterocycles. The minimum absolute atomic E-state index is 0.149. The second-order valence-corrected chi connectivity index (χ2v) is 8.29. The number of nitrogens with one attached hydrogen (secondary N) is 1. The zero-order valence-electron chi connectivity index (χ0n) is 18.7. The molecule has 1 N–H and O–H groups in total. The Balaban J connectivity index is 1.39. The standard InChI is InChI=1S/C24H18N4O7S/c1-34-19-5-3-2-4-18(19)26-21(29)14-27-23(30)20(36-24(27)31)12-15-6-9-17(10-7-15)35-22-11-8-16(13-25-22)28(32)33/h2-13H,14H2,1H3,(H,26,29)/b20-12-. The highest BCUT2D eigenvalue weighted by molar-refractivity contribution is 8.18. The molecule has 182 valence electrons. The first-order valence-corrected chi connectivity index (χ1v) is 11.2. The quantitative estimate of drug-likeness (QED) is 0.266. The first kappa shape index (κ1) is 24.4. The Morgan fingerprint density at radius 2 is 1.89 bits per heavy atom. The maximum absolute atomic E-state index is 12.7. The first-order valence-electron chi connectivity index (χ1n) is 10.4. The van der Waals surface area contributed by atoms with Gasteiger partial charge in [-0.2, -0.15) is 0 Å². The predicted molar refractivity (Wildman–Crippen MR) is 132 cm³/mol. The van der Waals surface area contributed by atoms with Gasteiger partial charge in [0.1, 0.15) is 24.2 Å². The number of carbonyl (C=O) groups is 3. The second-order valence-electron chi connectivity index (χ2n) is 7.30. The number of amides is 3. The van der Waals surface area contributed by atoms with Crippen LogP contribution in [0.15, 0.2) is 71.8 Å². The highest BCUT2D eigenvalue weighted by atomic mass is 32.2. The number of hydrogen-bond donors (Lipinski definition) is 1. The zero-order chi connectivity index (χ0) is 25.7. The van der Waals surface area contributed by atoms with E-state index in [1.807, 2.05) is 0 Å². The van der Waals surface area contributed by atoms with Crippen LogP contribution in [0.25, 0.3) is 6.08 Å². The van der Waals surface area contributed by atoms with Crippen LogP contribution in [0.4, 0.5) is 16.2 Å². The lowest BCUT2D eigenvalue weighted by atomic mass is 10.2. The first-order chi connectivity index (χ1) is 17.3. The van der Waals surface area contributed by atoms with Gasteiger partial charge in [-0.15, -0.1) is 0 Å². The van der Waals surface area contributed by atoms with E-state index in [9.17, 15) is 24.5 Å². The number of benzene rings is 2. The van der Waals surface area contributed by atoms with Gasteiger partial charge in [-0.1, -0.05) is 24.3 Å². The van der Waals surface area contributed by atoms with Crippen LogP contribution in [-0.4, -0.2) is 45.5 Å². The Labute approximate surface area is 208 Å². The zero-order valence-corrected chi connectivity index (χ0v) is 19.6. The monoisotopic (exact) mass is 506 g/mol. The summed E-state index contributed by atoms with van der Waals surface area (Å²) in [5, 5.41) is 12.8. The second kappa shape index (κ2) is 10.7. The minimum Gasteiger partial charge on any atom is -0.495 e. The number of methoxy groups -OCH3 is 1. The summed E-state index contributed by atoms with van der Waals surface area (Å²) < 4.78 is 10.7. The van der Waals surface area contributed by atoms with Crippen LogP contribution in [0.5, 0.6) is 17.4 Å².